The molecule has 0 saturated carbocycles. The lowest BCUT2D eigenvalue weighted by Gasteiger charge is -2.26. The molecule has 1 fully saturated rings. The first kappa shape index (κ1) is 12.3. The summed E-state index contributed by atoms with van der Waals surface area (Å²) < 4.78 is 18.5. The van der Waals surface area contributed by atoms with E-state index in [0.717, 1.165) is 31.5 Å². The van der Waals surface area contributed by atoms with E-state index < -0.39 is 0 Å². The lowest BCUT2D eigenvalue weighted by molar-refractivity contribution is 0.146. The molecule has 0 aromatic heterocycles. The molecule has 1 aliphatic heterocycles. The minimum absolute atomic E-state index is 0.0196. The summed E-state index contributed by atoms with van der Waals surface area (Å²) in [5.41, 5.74) is 0.813. The standard InChI is InChI=1S/C13H18FNO2/c1-17-13-5-4-10(8-11(13)14)12(9-16)15-6-2-3-7-15/h4-5,8,12,16H,2-3,6-7,9H2,1H3. The van der Waals surface area contributed by atoms with Gasteiger partial charge in [0, 0.05) is 0 Å². The van der Waals surface area contributed by atoms with Crippen LogP contribution in [0.5, 0.6) is 5.75 Å². The smallest absolute Gasteiger partial charge is 0.165 e. The normalized spacial score (nSPS) is 18.3. The predicted molar refractivity (Wildman–Crippen MR) is 63.6 cm³/mol. The minimum Gasteiger partial charge on any atom is -0.494 e. The molecule has 1 heterocycles. The minimum atomic E-state index is -0.373. The summed E-state index contributed by atoms with van der Waals surface area (Å²) in [6.45, 7) is 1.96. The van der Waals surface area contributed by atoms with E-state index in [-0.39, 0.29) is 24.2 Å². The van der Waals surface area contributed by atoms with Crippen LogP contribution in [0.25, 0.3) is 0 Å². The monoisotopic (exact) mass is 239 g/mol. The van der Waals surface area contributed by atoms with Crippen LogP contribution in [0.15, 0.2) is 18.2 Å². The Kier molecular flexibility index (Phi) is 3.97. The summed E-state index contributed by atoms with van der Waals surface area (Å²) in [4.78, 5) is 2.20. The fraction of sp³-hybridized carbons (Fsp3) is 0.538. The summed E-state index contributed by atoms with van der Waals surface area (Å²) in [5, 5.41) is 9.46. The first-order valence-electron chi connectivity index (χ1n) is 5.94. The predicted octanol–water partition coefficient (Wildman–Crippen LogP) is 1.96. The first-order valence-corrected chi connectivity index (χ1v) is 5.94. The molecular formula is C13H18FNO2. The van der Waals surface area contributed by atoms with Gasteiger partial charge in [0.25, 0.3) is 0 Å². The second-order valence-corrected chi connectivity index (χ2v) is 4.34. The highest BCUT2D eigenvalue weighted by Crippen LogP contribution is 2.27. The number of ether oxygens (including phenoxy) is 1. The summed E-state index contributed by atoms with van der Waals surface area (Å²) in [6.07, 6.45) is 2.30. The zero-order chi connectivity index (χ0) is 12.3. The molecule has 2 rings (SSSR count). The van der Waals surface area contributed by atoms with Crippen molar-refractivity contribution in [2.75, 3.05) is 26.8 Å². The molecule has 4 heteroatoms. The van der Waals surface area contributed by atoms with Gasteiger partial charge in [0.05, 0.1) is 19.8 Å². The van der Waals surface area contributed by atoms with Crippen molar-refractivity contribution in [2.45, 2.75) is 18.9 Å². The van der Waals surface area contributed by atoms with Crippen molar-refractivity contribution in [3.63, 3.8) is 0 Å². The molecule has 0 spiro atoms. The molecule has 17 heavy (non-hydrogen) atoms. The molecule has 94 valence electrons. The zero-order valence-corrected chi connectivity index (χ0v) is 10.0. The molecule has 0 radical (unpaired) electrons. The molecular weight excluding hydrogens is 221 g/mol. The highest BCUT2D eigenvalue weighted by molar-refractivity contribution is 5.31. The summed E-state index contributed by atoms with van der Waals surface area (Å²) in [6, 6.07) is 4.79. The summed E-state index contributed by atoms with van der Waals surface area (Å²) >= 11 is 0. The van der Waals surface area contributed by atoms with Crippen LogP contribution >= 0.6 is 0 Å². The molecule has 1 atom stereocenters. The number of methoxy groups -OCH3 is 1. The Bertz CT molecular complexity index is 378. The topological polar surface area (TPSA) is 32.7 Å². The average molecular weight is 239 g/mol. The van der Waals surface area contributed by atoms with Gasteiger partial charge >= 0.3 is 0 Å². The van der Waals surface area contributed by atoms with Crippen molar-refractivity contribution < 1.29 is 14.2 Å². The van der Waals surface area contributed by atoms with Gasteiger partial charge in [0.2, 0.25) is 0 Å². The molecule has 1 aromatic carbocycles. The number of likely N-dealkylation sites (tertiary alicyclic amines) is 1. The van der Waals surface area contributed by atoms with Crippen molar-refractivity contribution in [1.29, 1.82) is 0 Å². The van der Waals surface area contributed by atoms with Gasteiger partial charge in [0.1, 0.15) is 0 Å². The van der Waals surface area contributed by atoms with Gasteiger partial charge in [0.15, 0.2) is 11.6 Å². The van der Waals surface area contributed by atoms with E-state index in [1.165, 1.54) is 13.2 Å². The molecule has 1 saturated heterocycles. The van der Waals surface area contributed by atoms with Crippen molar-refractivity contribution in [1.82, 2.24) is 4.90 Å². The van der Waals surface area contributed by atoms with Gasteiger partial charge in [-0.15, -0.1) is 0 Å². The van der Waals surface area contributed by atoms with Gasteiger partial charge in [-0.2, -0.15) is 0 Å². The Hall–Kier alpha value is -1.13. The van der Waals surface area contributed by atoms with E-state index in [1.54, 1.807) is 6.07 Å². The third-order valence-electron chi connectivity index (χ3n) is 3.31. The number of nitrogens with zero attached hydrogens (tertiary/aromatic N) is 1. The molecule has 0 aliphatic carbocycles. The first-order chi connectivity index (χ1) is 8.26. The maximum Gasteiger partial charge on any atom is 0.165 e. The van der Waals surface area contributed by atoms with Gasteiger partial charge in [-0.05, 0) is 43.6 Å². The average Bonchev–Trinajstić information content (AvgIpc) is 2.84. The molecule has 1 aliphatic rings. The molecule has 0 bridgehead atoms. The largest absolute Gasteiger partial charge is 0.494 e. The van der Waals surface area contributed by atoms with Crippen molar-refractivity contribution in [3.05, 3.63) is 29.6 Å². The number of aliphatic hydroxyl groups is 1. The van der Waals surface area contributed by atoms with Gasteiger partial charge in [-0.25, -0.2) is 4.39 Å². The van der Waals surface area contributed by atoms with Gasteiger partial charge < -0.3 is 9.84 Å². The number of halogens is 1. The van der Waals surface area contributed by atoms with E-state index in [4.69, 9.17) is 4.74 Å². The van der Waals surface area contributed by atoms with Crippen molar-refractivity contribution >= 4 is 0 Å². The summed E-state index contributed by atoms with van der Waals surface area (Å²) in [5.74, 6) is -0.130. The number of aliphatic hydroxyl groups excluding tert-OH is 1. The lowest BCUT2D eigenvalue weighted by atomic mass is 10.1. The van der Waals surface area contributed by atoms with E-state index in [0.29, 0.717) is 0 Å². The second-order valence-electron chi connectivity index (χ2n) is 4.34. The highest BCUT2D eigenvalue weighted by Gasteiger charge is 2.23. The molecule has 3 nitrogen and oxygen atoms in total. The van der Waals surface area contributed by atoms with Gasteiger partial charge in [-0.1, -0.05) is 6.07 Å². The number of benzene rings is 1. The van der Waals surface area contributed by atoms with Crippen LogP contribution in [-0.4, -0.2) is 36.8 Å². The van der Waals surface area contributed by atoms with Crippen LogP contribution in [0.3, 0.4) is 0 Å². The molecule has 1 aromatic rings. The lowest BCUT2D eigenvalue weighted by Crippen LogP contribution is -2.28. The Labute approximate surface area is 101 Å². The van der Waals surface area contributed by atoms with Gasteiger partial charge in [-0.3, -0.25) is 4.90 Å². The van der Waals surface area contributed by atoms with Crippen molar-refractivity contribution in [2.24, 2.45) is 0 Å². The Morgan fingerprint density at radius 1 is 1.41 bits per heavy atom. The Balaban J connectivity index is 2.21. The SMILES string of the molecule is COc1ccc(C(CO)N2CCCC2)cc1F. The fourth-order valence-electron chi connectivity index (χ4n) is 2.37. The maximum atomic E-state index is 13.6. The highest BCUT2D eigenvalue weighted by atomic mass is 19.1. The number of hydrogen-bond donors (Lipinski definition) is 1. The quantitative estimate of drug-likeness (QED) is 0.872. The molecule has 1 unspecified atom stereocenters. The Morgan fingerprint density at radius 2 is 2.12 bits per heavy atom. The zero-order valence-electron chi connectivity index (χ0n) is 10.0. The summed E-state index contributed by atoms with van der Waals surface area (Å²) in [7, 11) is 1.45. The fourth-order valence-corrected chi connectivity index (χ4v) is 2.37. The van der Waals surface area contributed by atoms with Crippen LogP contribution in [0.4, 0.5) is 4.39 Å². The van der Waals surface area contributed by atoms with Crippen molar-refractivity contribution in [3.8, 4) is 5.75 Å². The maximum absolute atomic E-state index is 13.6. The van der Waals surface area contributed by atoms with Crippen LogP contribution in [-0.2, 0) is 0 Å². The Morgan fingerprint density at radius 3 is 2.65 bits per heavy atom. The van der Waals surface area contributed by atoms with E-state index in [1.807, 2.05) is 6.07 Å². The third kappa shape index (κ3) is 2.58. The van der Waals surface area contributed by atoms with Crippen LogP contribution in [0, 0.1) is 5.82 Å². The second kappa shape index (κ2) is 5.47. The van der Waals surface area contributed by atoms with Crippen LogP contribution in [0.2, 0.25) is 0 Å². The third-order valence-corrected chi connectivity index (χ3v) is 3.31. The molecule has 0 amide bonds. The van der Waals surface area contributed by atoms with Crippen LogP contribution < -0.4 is 4.74 Å². The van der Waals surface area contributed by atoms with E-state index >= 15 is 0 Å². The van der Waals surface area contributed by atoms with E-state index in [2.05, 4.69) is 4.90 Å². The van der Waals surface area contributed by atoms with E-state index in [9.17, 15) is 9.50 Å². The molecule has 1 N–H and O–H groups in total. The van der Waals surface area contributed by atoms with Crippen LogP contribution in [0.1, 0.15) is 24.4 Å². The number of rotatable bonds is 4. The number of hydrogen-bond acceptors (Lipinski definition) is 3.